The number of sulfonamides is 1. The number of carbonyl (C=O) groups is 1. The van der Waals surface area contributed by atoms with Gasteiger partial charge in [0.2, 0.25) is 10.0 Å². The second-order valence-corrected chi connectivity index (χ2v) is 8.87. The molecule has 0 bridgehead atoms. The molecule has 0 saturated carbocycles. The molecule has 0 fully saturated rings. The minimum atomic E-state index is -3.85. The number of ether oxygens (including phenoxy) is 1. The lowest BCUT2D eigenvalue weighted by Crippen LogP contribution is -2.30. The van der Waals surface area contributed by atoms with E-state index in [1.807, 2.05) is 0 Å². The number of rotatable bonds is 8. The maximum absolute atomic E-state index is 14.2. The van der Waals surface area contributed by atoms with Crippen molar-refractivity contribution in [1.29, 1.82) is 0 Å². The van der Waals surface area contributed by atoms with Gasteiger partial charge in [0.25, 0.3) is 0 Å². The maximum atomic E-state index is 14.2. The second kappa shape index (κ2) is 9.59. The molecular weight excluding hydrogens is 447 g/mol. The number of nitrogens with zero attached hydrogens (tertiary/aromatic N) is 2. The zero-order valence-electron chi connectivity index (χ0n) is 16.8. The van der Waals surface area contributed by atoms with Gasteiger partial charge in [-0.05, 0) is 30.3 Å². The van der Waals surface area contributed by atoms with Crippen molar-refractivity contribution in [2.45, 2.75) is 25.3 Å². The highest BCUT2D eigenvalue weighted by Crippen LogP contribution is 2.23. The van der Waals surface area contributed by atoms with Gasteiger partial charge >= 0.3 is 5.97 Å². The molecule has 7 nitrogen and oxygen atoms in total. The second-order valence-electron chi connectivity index (χ2n) is 6.49. The Bertz CT molecular complexity index is 1170. The maximum Gasteiger partial charge on any atom is 0.341 e. The molecule has 3 aromatic rings. The molecule has 0 spiro atoms. The number of carbonyl (C=O) groups excluding carboxylic acids is 1. The van der Waals surface area contributed by atoms with Gasteiger partial charge in [0, 0.05) is 29.7 Å². The van der Waals surface area contributed by atoms with Crippen molar-refractivity contribution in [2.75, 3.05) is 13.1 Å². The van der Waals surface area contributed by atoms with E-state index in [1.165, 1.54) is 4.31 Å². The number of benzene rings is 2. The Balaban J connectivity index is 1.75. The van der Waals surface area contributed by atoms with Crippen LogP contribution in [0.4, 0.5) is 4.39 Å². The number of hydrogen-bond acceptors (Lipinski definition) is 6. The van der Waals surface area contributed by atoms with E-state index in [0.717, 1.165) is 23.8 Å². The van der Waals surface area contributed by atoms with Crippen LogP contribution >= 0.6 is 11.6 Å². The average Bonchev–Trinajstić information content (AvgIpc) is 3.22. The molecule has 164 valence electrons. The van der Waals surface area contributed by atoms with Crippen LogP contribution in [-0.2, 0) is 21.4 Å². The van der Waals surface area contributed by atoms with Crippen molar-refractivity contribution in [3.05, 3.63) is 70.7 Å². The van der Waals surface area contributed by atoms with Crippen molar-refractivity contribution in [1.82, 2.24) is 9.46 Å². The zero-order chi connectivity index (χ0) is 22.6. The molecule has 0 amide bonds. The Morgan fingerprint density at radius 1 is 1.13 bits per heavy atom. The van der Waals surface area contributed by atoms with Crippen LogP contribution in [0, 0.1) is 5.82 Å². The van der Waals surface area contributed by atoms with Crippen LogP contribution in [0.15, 0.2) is 57.9 Å². The zero-order valence-corrected chi connectivity index (χ0v) is 18.4. The van der Waals surface area contributed by atoms with Crippen molar-refractivity contribution >= 4 is 27.6 Å². The average molecular weight is 467 g/mol. The molecule has 0 unspecified atom stereocenters. The van der Waals surface area contributed by atoms with Gasteiger partial charge < -0.3 is 9.26 Å². The summed E-state index contributed by atoms with van der Waals surface area (Å²) >= 11 is 5.86. The molecule has 2 aromatic carbocycles. The molecule has 1 aromatic heterocycles. The number of halogens is 2. The van der Waals surface area contributed by atoms with E-state index in [9.17, 15) is 17.6 Å². The van der Waals surface area contributed by atoms with Gasteiger partial charge in [0.05, 0.1) is 10.5 Å². The first-order chi connectivity index (χ1) is 14.8. The summed E-state index contributed by atoms with van der Waals surface area (Å²) in [5, 5.41) is 4.48. The van der Waals surface area contributed by atoms with E-state index in [0.29, 0.717) is 10.7 Å². The predicted octanol–water partition coefficient (Wildman–Crippen LogP) is 4.52. The van der Waals surface area contributed by atoms with Gasteiger partial charge in [0.15, 0.2) is 12.4 Å². The largest absolute Gasteiger partial charge is 0.454 e. The Labute approximate surface area is 184 Å². The van der Waals surface area contributed by atoms with Crippen molar-refractivity contribution in [3.8, 4) is 11.3 Å². The molecule has 3 rings (SSSR count). The van der Waals surface area contributed by atoms with Crippen LogP contribution < -0.4 is 0 Å². The minimum absolute atomic E-state index is 0.186. The fraction of sp³-hybridized carbons (Fsp3) is 0.238. The van der Waals surface area contributed by atoms with Crippen LogP contribution in [0.1, 0.15) is 30.0 Å². The summed E-state index contributed by atoms with van der Waals surface area (Å²) in [7, 11) is -3.85. The Morgan fingerprint density at radius 3 is 2.45 bits per heavy atom. The highest BCUT2D eigenvalue weighted by molar-refractivity contribution is 7.89. The molecule has 31 heavy (non-hydrogen) atoms. The van der Waals surface area contributed by atoms with Gasteiger partial charge in [0.1, 0.15) is 11.5 Å². The third kappa shape index (κ3) is 5.12. The molecule has 0 N–H and O–H groups in total. The summed E-state index contributed by atoms with van der Waals surface area (Å²) < 4.78 is 50.9. The molecule has 0 atom stereocenters. The third-order valence-electron chi connectivity index (χ3n) is 4.55. The van der Waals surface area contributed by atoms with E-state index in [1.54, 1.807) is 44.2 Å². The fourth-order valence-electron chi connectivity index (χ4n) is 2.89. The summed E-state index contributed by atoms with van der Waals surface area (Å²) in [5.74, 6) is -1.66. The highest BCUT2D eigenvalue weighted by Gasteiger charge is 2.25. The standard InChI is InChI=1S/C21H20ClFN2O5S/c1-3-25(4-2)31(27,28)17-9-10-19(23)18(12-17)21(26)29-13-16-11-20(24-30-16)14-5-7-15(22)8-6-14/h5-12H,3-4,13H2,1-2H3. The number of aromatic nitrogens is 1. The number of hydrogen-bond donors (Lipinski definition) is 0. The molecule has 0 aliphatic heterocycles. The molecule has 1 heterocycles. The van der Waals surface area contributed by atoms with Crippen LogP contribution in [0.5, 0.6) is 0 Å². The quantitative estimate of drug-likeness (QED) is 0.453. The monoisotopic (exact) mass is 466 g/mol. The molecule has 0 saturated heterocycles. The lowest BCUT2D eigenvalue weighted by molar-refractivity contribution is 0.0431. The summed E-state index contributed by atoms with van der Waals surface area (Å²) in [6.07, 6.45) is 0. The normalized spacial score (nSPS) is 11.6. The van der Waals surface area contributed by atoms with Gasteiger partial charge in [-0.1, -0.05) is 42.7 Å². The van der Waals surface area contributed by atoms with Crippen molar-refractivity contribution < 1.29 is 26.9 Å². The van der Waals surface area contributed by atoms with Crippen LogP contribution in [0.3, 0.4) is 0 Å². The lowest BCUT2D eigenvalue weighted by Gasteiger charge is -2.18. The number of esters is 1. The molecule has 0 radical (unpaired) electrons. The van der Waals surface area contributed by atoms with Crippen LogP contribution in [0.2, 0.25) is 5.02 Å². The molecule has 0 aliphatic carbocycles. The van der Waals surface area contributed by atoms with Crippen LogP contribution in [-0.4, -0.2) is 36.9 Å². The molecule has 0 aliphatic rings. The smallest absolute Gasteiger partial charge is 0.341 e. The van der Waals surface area contributed by atoms with E-state index in [-0.39, 0.29) is 30.4 Å². The highest BCUT2D eigenvalue weighted by atomic mass is 35.5. The topological polar surface area (TPSA) is 89.7 Å². The van der Waals surface area contributed by atoms with E-state index in [4.69, 9.17) is 20.9 Å². The SMILES string of the molecule is CCN(CC)S(=O)(=O)c1ccc(F)c(C(=O)OCc2cc(-c3ccc(Cl)cc3)no2)c1. The Kier molecular flexibility index (Phi) is 7.09. The Morgan fingerprint density at radius 2 is 1.81 bits per heavy atom. The van der Waals surface area contributed by atoms with Gasteiger partial charge in [-0.2, -0.15) is 4.31 Å². The predicted molar refractivity (Wildman–Crippen MR) is 113 cm³/mol. The molecular formula is C21H20ClFN2O5S. The Hall–Kier alpha value is -2.75. The fourth-order valence-corrected chi connectivity index (χ4v) is 4.50. The lowest BCUT2D eigenvalue weighted by atomic mass is 10.1. The van der Waals surface area contributed by atoms with Gasteiger partial charge in [-0.25, -0.2) is 17.6 Å². The van der Waals surface area contributed by atoms with Gasteiger partial charge in [-0.15, -0.1) is 0 Å². The van der Waals surface area contributed by atoms with Crippen LogP contribution in [0.25, 0.3) is 11.3 Å². The van der Waals surface area contributed by atoms with Crippen molar-refractivity contribution in [3.63, 3.8) is 0 Å². The van der Waals surface area contributed by atoms with E-state index < -0.39 is 27.4 Å². The first kappa shape index (κ1) is 22.9. The third-order valence-corrected chi connectivity index (χ3v) is 6.84. The van der Waals surface area contributed by atoms with Crippen molar-refractivity contribution in [2.24, 2.45) is 0 Å². The summed E-state index contributed by atoms with van der Waals surface area (Å²) in [4.78, 5) is 12.2. The summed E-state index contributed by atoms with van der Waals surface area (Å²) in [6.45, 7) is 3.58. The first-order valence-corrected chi connectivity index (χ1v) is 11.3. The van der Waals surface area contributed by atoms with E-state index >= 15 is 0 Å². The molecule has 10 heteroatoms. The van der Waals surface area contributed by atoms with E-state index in [2.05, 4.69) is 5.16 Å². The van der Waals surface area contributed by atoms with Gasteiger partial charge in [-0.3, -0.25) is 0 Å². The summed E-state index contributed by atoms with van der Waals surface area (Å²) in [6, 6.07) is 11.5. The summed E-state index contributed by atoms with van der Waals surface area (Å²) in [5.41, 5.74) is 0.790. The first-order valence-electron chi connectivity index (χ1n) is 9.44. The minimum Gasteiger partial charge on any atom is -0.454 e.